The average Bonchev–Trinajstić information content (AvgIpc) is 3.22. The van der Waals surface area contributed by atoms with Crippen molar-refractivity contribution in [1.29, 1.82) is 0 Å². The maximum Gasteiger partial charge on any atom is 0.407 e. The molecule has 0 aliphatic heterocycles. The Bertz CT molecular complexity index is 1200. The molecule has 0 radical (unpaired) electrons. The van der Waals surface area contributed by atoms with E-state index in [1.54, 1.807) is 0 Å². The monoisotopic (exact) mass is 551 g/mol. The van der Waals surface area contributed by atoms with E-state index in [-0.39, 0.29) is 30.8 Å². The molecule has 216 valence electrons. The van der Waals surface area contributed by atoms with Gasteiger partial charge in [-0.05, 0) is 54.4 Å². The SMILES string of the molecule is CC[C@H](C)[C@H](NC(=O)OCC1c2ccccc2-c2ccccc21)C(=O)NC(C)(C)C(=O)N[C@@H](CC(C)C)C(=O)O. The molecule has 2 aromatic carbocycles. The van der Waals surface area contributed by atoms with Crippen LogP contribution in [0.4, 0.5) is 4.79 Å². The van der Waals surface area contributed by atoms with E-state index in [0.29, 0.717) is 6.42 Å². The highest BCUT2D eigenvalue weighted by atomic mass is 16.5. The number of rotatable bonds is 12. The van der Waals surface area contributed by atoms with Crippen molar-refractivity contribution < 1.29 is 29.0 Å². The number of hydrogen-bond acceptors (Lipinski definition) is 5. The van der Waals surface area contributed by atoms with E-state index in [0.717, 1.165) is 22.3 Å². The molecule has 1 aliphatic carbocycles. The molecule has 9 nitrogen and oxygen atoms in total. The topological polar surface area (TPSA) is 134 Å². The minimum absolute atomic E-state index is 0.0512. The first kappa shape index (κ1) is 30.7. The third-order valence-electron chi connectivity index (χ3n) is 7.43. The number of carbonyl (C=O) groups is 4. The predicted molar refractivity (Wildman–Crippen MR) is 153 cm³/mol. The van der Waals surface area contributed by atoms with E-state index < -0.39 is 41.5 Å². The molecule has 4 N–H and O–H groups in total. The van der Waals surface area contributed by atoms with Gasteiger partial charge in [-0.1, -0.05) is 82.6 Å². The lowest BCUT2D eigenvalue weighted by Crippen LogP contribution is -2.62. The molecular weight excluding hydrogens is 510 g/mol. The summed E-state index contributed by atoms with van der Waals surface area (Å²) in [5, 5.41) is 17.4. The molecule has 0 fully saturated rings. The number of benzene rings is 2. The van der Waals surface area contributed by atoms with Crippen molar-refractivity contribution in [3.63, 3.8) is 0 Å². The van der Waals surface area contributed by atoms with Crippen LogP contribution in [-0.2, 0) is 19.1 Å². The zero-order valence-electron chi connectivity index (χ0n) is 24.1. The molecule has 0 saturated carbocycles. The first-order valence-electron chi connectivity index (χ1n) is 13.8. The van der Waals surface area contributed by atoms with Crippen molar-refractivity contribution in [2.45, 2.75) is 77.9 Å². The van der Waals surface area contributed by atoms with Gasteiger partial charge < -0.3 is 25.8 Å². The predicted octanol–water partition coefficient (Wildman–Crippen LogP) is 4.45. The summed E-state index contributed by atoms with van der Waals surface area (Å²) in [6, 6.07) is 14.0. The Hall–Kier alpha value is -3.88. The van der Waals surface area contributed by atoms with Crippen LogP contribution in [0.2, 0.25) is 0 Å². The van der Waals surface area contributed by atoms with Crippen LogP contribution in [-0.4, -0.2) is 53.2 Å². The molecule has 3 amide bonds. The Morgan fingerprint density at radius 2 is 1.48 bits per heavy atom. The molecule has 9 heteroatoms. The van der Waals surface area contributed by atoms with Gasteiger partial charge in [0, 0.05) is 5.92 Å². The molecule has 0 spiro atoms. The normalized spacial score (nSPS) is 14.9. The molecule has 3 atom stereocenters. The second-order valence-electron chi connectivity index (χ2n) is 11.4. The second kappa shape index (κ2) is 13.0. The van der Waals surface area contributed by atoms with Crippen LogP contribution in [0.5, 0.6) is 0 Å². The Kier molecular flexibility index (Phi) is 9.95. The first-order chi connectivity index (χ1) is 18.9. The fourth-order valence-electron chi connectivity index (χ4n) is 4.94. The molecule has 3 rings (SSSR count). The lowest BCUT2D eigenvalue weighted by molar-refractivity contribution is -0.143. The van der Waals surface area contributed by atoms with Gasteiger partial charge in [0.2, 0.25) is 11.8 Å². The van der Waals surface area contributed by atoms with Crippen molar-refractivity contribution in [3.8, 4) is 11.1 Å². The van der Waals surface area contributed by atoms with Gasteiger partial charge in [-0.25, -0.2) is 9.59 Å². The number of aliphatic carboxylic acids is 1. The zero-order chi connectivity index (χ0) is 29.6. The standard InChI is InChI=1S/C31H41N3O6/c1-7-19(4)26(27(35)34-31(5,6)29(38)32-25(28(36)37)16-18(2)3)33-30(39)40-17-24-22-14-10-8-12-20(22)21-13-9-11-15-23(21)24/h8-15,18-19,24-26H,7,16-17H2,1-6H3,(H,32,38)(H,33,39)(H,34,35)(H,36,37)/t19-,25-,26-/m0/s1. The van der Waals surface area contributed by atoms with E-state index in [2.05, 4.69) is 28.1 Å². The smallest absolute Gasteiger partial charge is 0.407 e. The fourth-order valence-corrected chi connectivity index (χ4v) is 4.94. The van der Waals surface area contributed by atoms with Crippen molar-refractivity contribution in [1.82, 2.24) is 16.0 Å². The fraction of sp³-hybridized carbons (Fsp3) is 0.484. The van der Waals surface area contributed by atoms with Gasteiger partial charge in [0.25, 0.3) is 0 Å². The maximum absolute atomic E-state index is 13.3. The second-order valence-corrected chi connectivity index (χ2v) is 11.4. The van der Waals surface area contributed by atoms with Gasteiger partial charge in [-0.2, -0.15) is 0 Å². The van der Waals surface area contributed by atoms with Gasteiger partial charge in [-0.3, -0.25) is 9.59 Å². The lowest BCUT2D eigenvalue weighted by Gasteiger charge is -2.31. The maximum atomic E-state index is 13.3. The lowest BCUT2D eigenvalue weighted by atomic mass is 9.95. The van der Waals surface area contributed by atoms with Gasteiger partial charge in [0.15, 0.2) is 0 Å². The highest BCUT2D eigenvalue weighted by Crippen LogP contribution is 2.44. The summed E-state index contributed by atoms with van der Waals surface area (Å²) in [7, 11) is 0. The van der Waals surface area contributed by atoms with Gasteiger partial charge >= 0.3 is 12.1 Å². The van der Waals surface area contributed by atoms with Gasteiger partial charge in [0.1, 0.15) is 24.2 Å². The molecule has 0 aromatic heterocycles. The summed E-state index contributed by atoms with van der Waals surface area (Å²) in [6.45, 7) is 10.5. The number of carboxylic acid groups (broad SMARTS) is 1. The van der Waals surface area contributed by atoms with Crippen LogP contribution in [0.3, 0.4) is 0 Å². The number of fused-ring (bicyclic) bond motifs is 3. The van der Waals surface area contributed by atoms with E-state index in [9.17, 15) is 24.3 Å². The Morgan fingerprint density at radius 3 is 1.98 bits per heavy atom. The molecule has 0 bridgehead atoms. The third kappa shape index (κ3) is 7.20. The molecule has 0 unspecified atom stereocenters. The van der Waals surface area contributed by atoms with Gasteiger partial charge in [-0.15, -0.1) is 0 Å². The van der Waals surface area contributed by atoms with Crippen LogP contribution >= 0.6 is 0 Å². The summed E-state index contributed by atoms with van der Waals surface area (Å²) < 4.78 is 5.63. The number of hydrogen-bond donors (Lipinski definition) is 4. The number of carbonyl (C=O) groups excluding carboxylic acids is 3. The largest absolute Gasteiger partial charge is 0.480 e. The summed E-state index contributed by atoms with van der Waals surface area (Å²) in [4.78, 5) is 50.8. The van der Waals surface area contributed by atoms with E-state index in [1.165, 1.54) is 13.8 Å². The van der Waals surface area contributed by atoms with Crippen molar-refractivity contribution >= 4 is 23.9 Å². The molecule has 0 heterocycles. The number of nitrogens with one attached hydrogen (secondary N) is 3. The van der Waals surface area contributed by atoms with Crippen molar-refractivity contribution in [2.75, 3.05) is 6.61 Å². The van der Waals surface area contributed by atoms with Crippen LogP contribution in [0.1, 0.15) is 71.4 Å². The quantitative estimate of drug-likeness (QED) is 0.308. The first-order valence-corrected chi connectivity index (χ1v) is 13.8. The van der Waals surface area contributed by atoms with E-state index >= 15 is 0 Å². The number of ether oxygens (including phenoxy) is 1. The Balaban J connectivity index is 1.66. The summed E-state index contributed by atoms with van der Waals surface area (Å²) in [5.74, 6) is -2.65. The molecule has 40 heavy (non-hydrogen) atoms. The van der Waals surface area contributed by atoms with Crippen LogP contribution in [0.15, 0.2) is 48.5 Å². The van der Waals surface area contributed by atoms with E-state index in [4.69, 9.17) is 4.74 Å². The average molecular weight is 552 g/mol. The molecular formula is C31H41N3O6. The Morgan fingerprint density at radius 1 is 0.925 bits per heavy atom. The zero-order valence-corrected chi connectivity index (χ0v) is 24.1. The molecule has 1 aliphatic rings. The summed E-state index contributed by atoms with van der Waals surface area (Å²) >= 11 is 0. The molecule has 2 aromatic rings. The number of carboxylic acids is 1. The summed E-state index contributed by atoms with van der Waals surface area (Å²) in [5.41, 5.74) is 2.97. The van der Waals surface area contributed by atoms with Crippen LogP contribution in [0, 0.1) is 11.8 Å². The Labute approximate surface area is 236 Å². The van der Waals surface area contributed by atoms with Crippen molar-refractivity contribution in [2.24, 2.45) is 11.8 Å². The minimum Gasteiger partial charge on any atom is -0.480 e. The van der Waals surface area contributed by atoms with Gasteiger partial charge in [0.05, 0.1) is 0 Å². The van der Waals surface area contributed by atoms with E-state index in [1.807, 2.05) is 64.1 Å². The highest BCUT2D eigenvalue weighted by Gasteiger charge is 2.37. The van der Waals surface area contributed by atoms with Crippen molar-refractivity contribution in [3.05, 3.63) is 59.7 Å². The van der Waals surface area contributed by atoms with Crippen LogP contribution in [0.25, 0.3) is 11.1 Å². The number of alkyl carbamates (subject to hydrolysis) is 1. The number of amides is 3. The molecule has 0 saturated heterocycles. The highest BCUT2D eigenvalue weighted by molar-refractivity contribution is 5.95. The third-order valence-corrected chi connectivity index (χ3v) is 7.43. The van der Waals surface area contributed by atoms with Crippen LogP contribution < -0.4 is 16.0 Å². The minimum atomic E-state index is -1.42. The summed E-state index contributed by atoms with van der Waals surface area (Å²) in [6.07, 6.45) is 0.112.